The van der Waals surface area contributed by atoms with Crippen LogP contribution >= 0.6 is 15.9 Å². The molecule has 3 rings (SSSR count). The summed E-state index contributed by atoms with van der Waals surface area (Å²) in [5.74, 6) is 1.73. The maximum absolute atomic E-state index is 5.97. The number of hydrogen-bond donors (Lipinski definition) is 1. The van der Waals surface area contributed by atoms with E-state index in [-0.39, 0.29) is 0 Å². The summed E-state index contributed by atoms with van der Waals surface area (Å²) in [5.41, 5.74) is 3.80. The zero-order valence-corrected chi connectivity index (χ0v) is 14.0. The van der Waals surface area contributed by atoms with Crippen molar-refractivity contribution in [3.63, 3.8) is 0 Å². The van der Waals surface area contributed by atoms with E-state index in [0.29, 0.717) is 0 Å². The Hall–Kier alpha value is -1.32. The van der Waals surface area contributed by atoms with Crippen LogP contribution in [0.2, 0.25) is 0 Å². The monoisotopic (exact) mass is 345 g/mol. The molecule has 0 spiro atoms. The predicted octanol–water partition coefficient (Wildman–Crippen LogP) is 5.11. The third-order valence-electron chi connectivity index (χ3n) is 3.87. The normalized spacial score (nSPS) is 14.2. The summed E-state index contributed by atoms with van der Waals surface area (Å²) in [4.78, 5) is 0. The number of hydrogen-bond acceptors (Lipinski definition) is 2. The number of benzene rings is 2. The van der Waals surface area contributed by atoms with Crippen LogP contribution in [0.15, 0.2) is 40.9 Å². The molecule has 1 N–H and O–H groups in total. The first-order valence-electron chi connectivity index (χ1n) is 7.39. The molecule has 0 unspecified atom stereocenters. The van der Waals surface area contributed by atoms with Crippen molar-refractivity contribution < 1.29 is 4.74 Å². The van der Waals surface area contributed by atoms with Gasteiger partial charge in [-0.3, -0.25) is 0 Å². The molecule has 1 saturated carbocycles. The Kier molecular flexibility index (Phi) is 4.32. The standard InChI is InChI=1S/C18H20BrNO/c1-12-3-7-16(9-13(12)2)21-18-8-4-14(10-17(18)19)11-20-15-5-6-15/h3-4,7-10,15,20H,5-6,11H2,1-2H3. The van der Waals surface area contributed by atoms with E-state index in [0.717, 1.165) is 28.6 Å². The van der Waals surface area contributed by atoms with E-state index in [1.54, 1.807) is 0 Å². The van der Waals surface area contributed by atoms with Crippen LogP contribution in [0.1, 0.15) is 29.5 Å². The van der Waals surface area contributed by atoms with Gasteiger partial charge in [0.15, 0.2) is 0 Å². The smallest absolute Gasteiger partial charge is 0.141 e. The van der Waals surface area contributed by atoms with Gasteiger partial charge in [0.1, 0.15) is 11.5 Å². The summed E-state index contributed by atoms with van der Waals surface area (Å²) in [6.45, 7) is 5.13. The summed E-state index contributed by atoms with van der Waals surface area (Å²) < 4.78 is 6.97. The van der Waals surface area contributed by atoms with Crippen molar-refractivity contribution >= 4 is 15.9 Å². The fraction of sp³-hybridized carbons (Fsp3) is 0.333. The Morgan fingerprint density at radius 2 is 1.90 bits per heavy atom. The van der Waals surface area contributed by atoms with Crippen molar-refractivity contribution in [3.05, 3.63) is 57.6 Å². The second-order valence-corrected chi connectivity index (χ2v) is 6.62. The number of halogens is 1. The quantitative estimate of drug-likeness (QED) is 0.812. The molecule has 1 fully saturated rings. The van der Waals surface area contributed by atoms with Gasteiger partial charge >= 0.3 is 0 Å². The highest BCUT2D eigenvalue weighted by molar-refractivity contribution is 9.10. The first-order valence-corrected chi connectivity index (χ1v) is 8.18. The maximum Gasteiger partial charge on any atom is 0.141 e. The lowest BCUT2D eigenvalue weighted by atomic mass is 10.1. The largest absolute Gasteiger partial charge is 0.456 e. The summed E-state index contributed by atoms with van der Waals surface area (Å²) >= 11 is 3.61. The molecule has 3 heteroatoms. The van der Waals surface area contributed by atoms with Gasteiger partial charge in [-0.15, -0.1) is 0 Å². The molecule has 110 valence electrons. The lowest BCUT2D eigenvalue weighted by Gasteiger charge is -2.11. The molecule has 1 aliphatic rings. The molecule has 0 saturated heterocycles. The van der Waals surface area contributed by atoms with E-state index < -0.39 is 0 Å². The van der Waals surface area contributed by atoms with Crippen molar-refractivity contribution in [1.29, 1.82) is 0 Å². The molecule has 0 heterocycles. The molecule has 2 nitrogen and oxygen atoms in total. The van der Waals surface area contributed by atoms with Gasteiger partial charge in [0.25, 0.3) is 0 Å². The van der Waals surface area contributed by atoms with Crippen LogP contribution in [-0.4, -0.2) is 6.04 Å². The fourth-order valence-electron chi connectivity index (χ4n) is 2.19. The van der Waals surface area contributed by atoms with Gasteiger partial charge in [-0.05, 0) is 83.6 Å². The van der Waals surface area contributed by atoms with Crippen LogP contribution in [0, 0.1) is 13.8 Å². The first kappa shape index (κ1) is 14.6. The summed E-state index contributed by atoms with van der Waals surface area (Å²) in [7, 11) is 0. The molecular formula is C18H20BrNO. The van der Waals surface area contributed by atoms with Gasteiger partial charge in [-0.1, -0.05) is 12.1 Å². The van der Waals surface area contributed by atoms with Crippen LogP contribution in [0.25, 0.3) is 0 Å². The average Bonchev–Trinajstić information content (AvgIpc) is 3.27. The highest BCUT2D eigenvalue weighted by Crippen LogP contribution is 2.31. The fourth-order valence-corrected chi connectivity index (χ4v) is 2.70. The molecule has 1 aliphatic carbocycles. The van der Waals surface area contributed by atoms with Crippen molar-refractivity contribution in [2.45, 2.75) is 39.3 Å². The minimum atomic E-state index is 0.732. The van der Waals surface area contributed by atoms with Crippen molar-refractivity contribution in [1.82, 2.24) is 5.32 Å². The molecule has 2 aromatic carbocycles. The Morgan fingerprint density at radius 3 is 2.57 bits per heavy atom. The summed E-state index contributed by atoms with van der Waals surface area (Å²) in [6.07, 6.45) is 2.63. The highest BCUT2D eigenvalue weighted by Gasteiger charge is 2.20. The van der Waals surface area contributed by atoms with E-state index in [4.69, 9.17) is 4.74 Å². The molecule has 21 heavy (non-hydrogen) atoms. The van der Waals surface area contributed by atoms with E-state index >= 15 is 0 Å². The molecule has 2 aromatic rings. The van der Waals surface area contributed by atoms with Crippen molar-refractivity contribution in [2.24, 2.45) is 0 Å². The van der Waals surface area contributed by atoms with Crippen LogP contribution in [0.4, 0.5) is 0 Å². The van der Waals surface area contributed by atoms with E-state index in [1.165, 1.54) is 29.5 Å². The average molecular weight is 346 g/mol. The van der Waals surface area contributed by atoms with Gasteiger partial charge in [-0.2, -0.15) is 0 Å². The Bertz CT molecular complexity index is 650. The lowest BCUT2D eigenvalue weighted by molar-refractivity contribution is 0.478. The molecule has 0 atom stereocenters. The van der Waals surface area contributed by atoms with Gasteiger partial charge in [0, 0.05) is 12.6 Å². The van der Waals surface area contributed by atoms with Gasteiger partial charge in [0.2, 0.25) is 0 Å². The lowest BCUT2D eigenvalue weighted by Crippen LogP contribution is -2.15. The summed E-state index contributed by atoms with van der Waals surface area (Å²) in [6, 6.07) is 13.2. The van der Waals surface area contributed by atoms with Crippen molar-refractivity contribution in [3.8, 4) is 11.5 Å². The molecule has 0 radical (unpaired) electrons. The number of aryl methyl sites for hydroxylation is 2. The Labute approximate surface area is 134 Å². The SMILES string of the molecule is Cc1ccc(Oc2ccc(CNC3CC3)cc2Br)cc1C. The minimum Gasteiger partial charge on any atom is -0.456 e. The number of ether oxygens (including phenoxy) is 1. The van der Waals surface area contributed by atoms with E-state index in [1.807, 2.05) is 12.1 Å². The van der Waals surface area contributed by atoms with Crippen molar-refractivity contribution in [2.75, 3.05) is 0 Å². The highest BCUT2D eigenvalue weighted by atomic mass is 79.9. The third kappa shape index (κ3) is 3.86. The third-order valence-corrected chi connectivity index (χ3v) is 4.49. The summed E-state index contributed by atoms with van der Waals surface area (Å²) in [5, 5.41) is 3.52. The Morgan fingerprint density at radius 1 is 1.10 bits per heavy atom. The molecular weight excluding hydrogens is 326 g/mol. The van der Waals surface area contributed by atoms with Crippen LogP contribution in [-0.2, 0) is 6.54 Å². The molecule has 0 aliphatic heterocycles. The second kappa shape index (κ2) is 6.20. The van der Waals surface area contributed by atoms with E-state index in [9.17, 15) is 0 Å². The Balaban J connectivity index is 1.70. The van der Waals surface area contributed by atoms with Crippen LogP contribution < -0.4 is 10.1 Å². The first-order chi connectivity index (χ1) is 10.1. The molecule has 0 bridgehead atoms. The van der Waals surface area contributed by atoms with E-state index in [2.05, 4.69) is 59.4 Å². The number of nitrogens with one attached hydrogen (secondary N) is 1. The zero-order chi connectivity index (χ0) is 14.8. The minimum absolute atomic E-state index is 0.732. The van der Waals surface area contributed by atoms with Crippen LogP contribution in [0.3, 0.4) is 0 Å². The maximum atomic E-state index is 5.97. The van der Waals surface area contributed by atoms with Gasteiger partial charge in [0.05, 0.1) is 4.47 Å². The van der Waals surface area contributed by atoms with Gasteiger partial charge in [-0.25, -0.2) is 0 Å². The van der Waals surface area contributed by atoms with Crippen LogP contribution in [0.5, 0.6) is 11.5 Å². The van der Waals surface area contributed by atoms with Gasteiger partial charge < -0.3 is 10.1 Å². The predicted molar refractivity (Wildman–Crippen MR) is 90.0 cm³/mol. The molecule has 0 amide bonds. The zero-order valence-electron chi connectivity index (χ0n) is 12.4. The molecule has 0 aromatic heterocycles. The second-order valence-electron chi connectivity index (χ2n) is 5.77. The number of rotatable bonds is 5. The topological polar surface area (TPSA) is 21.3 Å².